The third-order valence-corrected chi connectivity index (χ3v) is 7.26. The van der Waals surface area contributed by atoms with E-state index < -0.39 is 39.3 Å². The molecule has 0 saturated carbocycles. The molecule has 0 spiro atoms. The predicted molar refractivity (Wildman–Crippen MR) is 140 cm³/mol. The highest BCUT2D eigenvalue weighted by atomic mass is 35.5. The first kappa shape index (κ1) is 29.3. The minimum atomic E-state index is -4.03. The van der Waals surface area contributed by atoms with Gasteiger partial charge in [0, 0.05) is 34.8 Å². The monoisotopic (exact) mass is 558 g/mol. The Morgan fingerprint density at radius 1 is 1.14 bits per heavy atom. The van der Waals surface area contributed by atoms with Crippen LogP contribution in [-0.2, 0) is 26.2 Å². The molecule has 2 rings (SSSR count). The van der Waals surface area contributed by atoms with Gasteiger partial charge in [-0.25, -0.2) is 8.42 Å². The predicted octanol–water partition coefficient (Wildman–Crippen LogP) is 4.00. The summed E-state index contributed by atoms with van der Waals surface area (Å²) in [4.78, 5) is 38.1. The zero-order valence-electron chi connectivity index (χ0n) is 20.3. The summed E-state index contributed by atoms with van der Waals surface area (Å²) in [6.45, 7) is 4.45. The maximum absolute atomic E-state index is 13.5. The molecule has 0 saturated heterocycles. The number of hydrogen-bond donors (Lipinski definition) is 1. The summed E-state index contributed by atoms with van der Waals surface area (Å²) < 4.78 is 25.9. The molecule has 2 atom stereocenters. The molecule has 36 heavy (non-hydrogen) atoms. The topological polar surface area (TPSA) is 130 Å². The number of benzene rings is 2. The van der Waals surface area contributed by atoms with Gasteiger partial charge in [0.15, 0.2) is 0 Å². The van der Waals surface area contributed by atoms with Crippen LogP contribution in [-0.4, -0.2) is 54.9 Å². The molecule has 0 radical (unpaired) electrons. The summed E-state index contributed by atoms with van der Waals surface area (Å²) >= 11 is 12.3. The van der Waals surface area contributed by atoms with Crippen molar-refractivity contribution in [2.75, 3.05) is 17.1 Å². The van der Waals surface area contributed by atoms with Crippen molar-refractivity contribution in [2.24, 2.45) is 0 Å². The number of amides is 2. The van der Waals surface area contributed by atoms with Gasteiger partial charge in [-0.2, -0.15) is 0 Å². The van der Waals surface area contributed by atoms with Crippen LogP contribution in [0.25, 0.3) is 0 Å². The van der Waals surface area contributed by atoms with E-state index in [-0.39, 0.29) is 29.0 Å². The average Bonchev–Trinajstić information content (AvgIpc) is 2.80. The Balaban J connectivity index is 2.46. The van der Waals surface area contributed by atoms with E-state index in [4.69, 9.17) is 23.2 Å². The molecule has 1 N–H and O–H groups in total. The molecule has 0 aromatic heterocycles. The Kier molecular flexibility index (Phi) is 10.1. The third kappa shape index (κ3) is 7.81. The number of sulfonamides is 1. The zero-order valence-corrected chi connectivity index (χ0v) is 22.6. The standard InChI is InChI=1S/C23H28Cl2N4O6S/c1-5-15(2)26-23(31)16(3)27(13-17-9-10-18(24)11-21(17)25)22(30)14-28(36(4,34)35)19-7-6-8-20(12-19)29(32)33/h6-12,15-16H,5,13-14H2,1-4H3,(H,26,31)/t15-,16-/m0/s1. The molecule has 2 amide bonds. The maximum atomic E-state index is 13.5. The molecule has 196 valence electrons. The molecule has 13 heteroatoms. The Labute approximate surface area is 220 Å². The van der Waals surface area contributed by atoms with Crippen molar-refractivity contribution in [2.45, 2.75) is 45.8 Å². The van der Waals surface area contributed by atoms with Crippen molar-refractivity contribution < 1.29 is 22.9 Å². The van der Waals surface area contributed by atoms with Crippen LogP contribution in [0.3, 0.4) is 0 Å². The number of halogens is 2. The molecular weight excluding hydrogens is 531 g/mol. The van der Waals surface area contributed by atoms with Gasteiger partial charge in [-0.1, -0.05) is 42.3 Å². The smallest absolute Gasteiger partial charge is 0.271 e. The fourth-order valence-corrected chi connectivity index (χ4v) is 4.57. The number of carbonyl (C=O) groups is 2. The number of rotatable bonds is 11. The summed E-state index contributed by atoms with van der Waals surface area (Å²) in [5.74, 6) is -1.13. The van der Waals surface area contributed by atoms with Gasteiger partial charge in [0.1, 0.15) is 12.6 Å². The molecule has 10 nitrogen and oxygen atoms in total. The molecule has 0 aliphatic carbocycles. The lowest BCUT2D eigenvalue weighted by molar-refractivity contribution is -0.384. The van der Waals surface area contributed by atoms with Gasteiger partial charge in [-0.3, -0.25) is 24.0 Å². The third-order valence-electron chi connectivity index (χ3n) is 5.53. The van der Waals surface area contributed by atoms with E-state index in [1.807, 2.05) is 13.8 Å². The lowest BCUT2D eigenvalue weighted by Crippen LogP contribution is -2.52. The second-order valence-electron chi connectivity index (χ2n) is 8.30. The summed E-state index contributed by atoms with van der Waals surface area (Å²) in [6.07, 6.45) is 1.56. The number of nitrogens with zero attached hydrogens (tertiary/aromatic N) is 3. The summed E-state index contributed by atoms with van der Waals surface area (Å²) in [7, 11) is -4.03. The number of nitro benzene ring substituents is 1. The van der Waals surface area contributed by atoms with E-state index >= 15 is 0 Å². The van der Waals surface area contributed by atoms with E-state index in [9.17, 15) is 28.1 Å². The van der Waals surface area contributed by atoms with Crippen molar-refractivity contribution in [3.63, 3.8) is 0 Å². The highest BCUT2D eigenvalue weighted by Crippen LogP contribution is 2.26. The van der Waals surface area contributed by atoms with Gasteiger partial charge < -0.3 is 10.2 Å². The van der Waals surface area contributed by atoms with Crippen LogP contribution in [0.5, 0.6) is 0 Å². The van der Waals surface area contributed by atoms with E-state index in [1.165, 1.54) is 36.1 Å². The Bertz CT molecular complexity index is 1240. The molecule has 2 aromatic carbocycles. The summed E-state index contributed by atoms with van der Waals surface area (Å²) in [5, 5.41) is 14.7. The summed E-state index contributed by atoms with van der Waals surface area (Å²) in [6, 6.07) is 8.51. The number of nitrogens with one attached hydrogen (secondary N) is 1. The SMILES string of the molecule is CC[C@H](C)NC(=O)[C@H](C)N(Cc1ccc(Cl)cc1Cl)C(=O)CN(c1cccc([N+](=O)[O-])c1)S(C)(=O)=O. The molecule has 0 bridgehead atoms. The molecular formula is C23H28Cl2N4O6S. The molecule has 0 aliphatic rings. The summed E-state index contributed by atoms with van der Waals surface area (Å²) in [5.41, 5.74) is 0.111. The Morgan fingerprint density at radius 2 is 1.81 bits per heavy atom. The largest absolute Gasteiger partial charge is 0.352 e. The zero-order chi connectivity index (χ0) is 27.2. The number of carbonyl (C=O) groups excluding carboxylic acids is 2. The van der Waals surface area contributed by atoms with Crippen LogP contribution < -0.4 is 9.62 Å². The second kappa shape index (κ2) is 12.4. The van der Waals surface area contributed by atoms with Crippen LogP contribution in [0.2, 0.25) is 10.0 Å². The van der Waals surface area contributed by atoms with Crippen LogP contribution in [0.4, 0.5) is 11.4 Å². The van der Waals surface area contributed by atoms with Gasteiger partial charge in [-0.05, 0) is 44.0 Å². The molecule has 0 unspecified atom stereocenters. The fraction of sp³-hybridized carbons (Fsp3) is 0.391. The number of hydrogen-bond acceptors (Lipinski definition) is 6. The Morgan fingerprint density at radius 3 is 2.36 bits per heavy atom. The van der Waals surface area contributed by atoms with E-state index in [0.717, 1.165) is 16.6 Å². The second-order valence-corrected chi connectivity index (χ2v) is 11.0. The molecule has 0 aliphatic heterocycles. The van der Waals surface area contributed by atoms with Crippen molar-refractivity contribution in [1.82, 2.24) is 10.2 Å². The van der Waals surface area contributed by atoms with Gasteiger partial charge in [-0.15, -0.1) is 0 Å². The Hall–Kier alpha value is -2.89. The van der Waals surface area contributed by atoms with Crippen LogP contribution in [0, 0.1) is 10.1 Å². The fourth-order valence-electron chi connectivity index (χ4n) is 3.26. The lowest BCUT2D eigenvalue weighted by atomic mass is 10.1. The first-order valence-electron chi connectivity index (χ1n) is 11.0. The van der Waals surface area contributed by atoms with Crippen molar-refractivity contribution in [1.29, 1.82) is 0 Å². The van der Waals surface area contributed by atoms with Gasteiger partial charge >= 0.3 is 0 Å². The normalized spacial score (nSPS) is 12.9. The molecule has 0 heterocycles. The molecule has 2 aromatic rings. The van der Waals surface area contributed by atoms with Crippen molar-refractivity contribution in [3.8, 4) is 0 Å². The number of nitro groups is 1. The minimum absolute atomic E-state index is 0.0544. The first-order chi connectivity index (χ1) is 16.7. The van der Waals surface area contributed by atoms with E-state index in [2.05, 4.69) is 5.32 Å². The quantitative estimate of drug-likeness (QED) is 0.327. The highest BCUT2D eigenvalue weighted by molar-refractivity contribution is 7.92. The van der Waals surface area contributed by atoms with Crippen LogP contribution in [0.1, 0.15) is 32.8 Å². The van der Waals surface area contributed by atoms with Gasteiger partial charge in [0.05, 0.1) is 16.9 Å². The van der Waals surface area contributed by atoms with Crippen molar-refractivity contribution >= 4 is 56.4 Å². The van der Waals surface area contributed by atoms with Crippen molar-refractivity contribution in [3.05, 3.63) is 68.2 Å². The minimum Gasteiger partial charge on any atom is -0.352 e. The average molecular weight is 559 g/mol. The lowest BCUT2D eigenvalue weighted by Gasteiger charge is -2.32. The van der Waals surface area contributed by atoms with E-state index in [0.29, 0.717) is 17.0 Å². The number of anilines is 1. The first-order valence-corrected chi connectivity index (χ1v) is 13.6. The van der Waals surface area contributed by atoms with Gasteiger partial charge in [0.2, 0.25) is 21.8 Å². The van der Waals surface area contributed by atoms with Crippen LogP contribution >= 0.6 is 23.2 Å². The number of non-ortho nitro benzene ring substituents is 1. The molecule has 0 fully saturated rings. The highest BCUT2D eigenvalue weighted by Gasteiger charge is 2.31. The van der Waals surface area contributed by atoms with Gasteiger partial charge in [0.25, 0.3) is 5.69 Å². The maximum Gasteiger partial charge on any atom is 0.271 e. The van der Waals surface area contributed by atoms with Crippen LogP contribution in [0.15, 0.2) is 42.5 Å². The van der Waals surface area contributed by atoms with E-state index in [1.54, 1.807) is 12.1 Å².